The van der Waals surface area contributed by atoms with Crippen LogP contribution in [0.2, 0.25) is 0 Å². The number of anilines is 2. The Balaban J connectivity index is 1.89. The lowest BCUT2D eigenvalue weighted by Gasteiger charge is -2.25. The van der Waals surface area contributed by atoms with Gasteiger partial charge < -0.3 is 19.7 Å². The Morgan fingerprint density at radius 1 is 0.895 bits per heavy atom. The maximum Gasteiger partial charge on any atom is 0.416 e. The predicted octanol–water partition coefficient (Wildman–Crippen LogP) is 4.17. The van der Waals surface area contributed by atoms with Gasteiger partial charge in [-0.15, -0.1) is 0 Å². The molecular weight excluding hydrogens is 523 g/mol. The summed E-state index contributed by atoms with van der Waals surface area (Å²) in [5, 5.41) is 2.64. The quantitative estimate of drug-likeness (QED) is 0.385. The van der Waals surface area contributed by atoms with Crippen LogP contribution in [-0.2, 0) is 21.0 Å². The van der Waals surface area contributed by atoms with E-state index in [2.05, 4.69) is 5.32 Å². The number of likely N-dealkylation sites (N-methyl/N-ethyl adjacent to an activating group) is 1. The minimum absolute atomic E-state index is 0.103. The smallest absolute Gasteiger partial charge is 0.416 e. The van der Waals surface area contributed by atoms with E-state index in [9.17, 15) is 26.4 Å². The molecule has 0 atom stereocenters. The third-order valence-corrected chi connectivity index (χ3v) is 7.43. The molecule has 1 amide bonds. The van der Waals surface area contributed by atoms with E-state index in [1.807, 2.05) is 42.3 Å². The monoisotopic (exact) mass is 551 g/mol. The molecule has 1 N–H and O–H groups in total. The highest BCUT2D eigenvalue weighted by molar-refractivity contribution is 7.92. The summed E-state index contributed by atoms with van der Waals surface area (Å²) in [6.45, 7) is -0.147. The van der Waals surface area contributed by atoms with Crippen molar-refractivity contribution in [3.8, 4) is 11.5 Å². The number of sulfonamides is 1. The molecule has 0 aliphatic carbocycles. The Morgan fingerprint density at radius 2 is 1.55 bits per heavy atom. The first-order valence-corrected chi connectivity index (χ1v) is 12.9. The van der Waals surface area contributed by atoms with Crippen LogP contribution in [0.1, 0.15) is 5.56 Å². The number of methoxy groups -OCH3 is 2. The zero-order valence-corrected chi connectivity index (χ0v) is 21.8. The van der Waals surface area contributed by atoms with Crippen LogP contribution in [0.3, 0.4) is 0 Å². The minimum Gasteiger partial charge on any atom is -0.493 e. The van der Waals surface area contributed by atoms with Gasteiger partial charge in [0.05, 0.1) is 30.4 Å². The number of alkyl halides is 3. The van der Waals surface area contributed by atoms with Crippen LogP contribution in [0.15, 0.2) is 77.7 Å². The third-order valence-electron chi connectivity index (χ3n) is 5.66. The Kier molecular flexibility index (Phi) is 9.10. The molecule has 0 aliphatic heterocycles. The lowest BCUT2D eigenvalue weighted by Crippen LogP contribution is -2.42. The van der Waals surface area contributed by atoms with Crippen molar-refractivity contribution in [2.24, 2.45) is 0 Å². The van der Waals surface area contributed by atoms with Crippen LogP contribution < -0.4 is 24.0 Å². The van der Waals surface area contributed by atoms with Crippen LogP contribution in [-0.4, -0.2) is 55.2 Å². The molecule has 3 rings (SSSR count). The van der Waals surface area contributed by atoms with Gasteiger partial charge in [-0.2, -0.15) is 13.2 Å². The van der Waals surface area contributed by atoms with Crippen molar-refractivity contribution < 1.29 is 35.9 Å². The number of halogens is 3. The second-order valence-corrected chi connectivity index (χ2v) is 10.0. The number of amides is 1. The molecule has 12 heteroatoms. The highest BCUT2D eigenvalue weighted by Crippen LogP contribution is 2.35. The molecule has 0 radical (unpaired) electrons. The fourth-order valence-electron chi connectivity index (χ4n) is 3.62. The summed E-state index contributed by atoms with van der Waals surface area (Å²) in [6, 6.07) is 17.0. The van der Waals surface area contributed by atoms with Gasteiger partial charge in [-0.25, -0.2) is 8.42 Å². The van der Waals surface area contributed by atoms with Crippen LogP contribution in [0, 0.1) is 0 Å². The standard InChI is InChI=1S/C26H28F3N3O5S/c1-31(20-9-5-4-6-10-20)15-14-30-25(33)18-32(21-11-7-8-19(16-21)26(27,28)29)38(34,35)22-12-13-23(36-2)24(17-22)37-3/h4-13,16-17H,14-15,18H2,1-3H3,(H,30,33). The third kappa shape index (κ3) is 6.88. The van der Waals surface area contributed by atoms with Gasteiger partial charge in [0.2, 0.25) is 5.91 Å². The Hall–Kier alpha value is -3.93. The van der Waals surface area contributed by atoms with Gasteiger partial charge >= 0.3 is 6.18 Å². The molecule has 0 saturated carbocycles. The number of hydrogen-bond acceptors (Lipinski definition) is 6. The number of ether oxygens (including phenoxy) is 2. The predicted molar refractivity (Wildman–Crippen MR) is 138 cm³/mol. The van der Waals surface area contributed by atoms with E-state index in [0.29, 0.717) is 16.9 Å². The number of benzene rings is 3. The molecule has 204 valence electrons. The minimum atomic E-state index is -4.71. The average Bonchev–Trinajstić information content (AvgIpc) is 2.91. The molecule has 0 heterocycles. The van der Waals surface area contributed by atoms with Gasteiger partial charge in [-0.3, -0.25) is 9.10 Å². The summed E-state index contributed by atoms with van der Waals surface area (Å²) >= 11 is 0. The topological polar surface area (TPSA) is 88.2 Å². The molecule has 0 unspecified atom stereocenters. The van der Waals surface area contributed by atoms with Gasteiger partial charge in [0.15, 0.2) is 11.5 Å². The fraction of sp³-hybridized carbons (Fsp3) is 0.269. The number of para-hydroxylation sites is 1. The highest BCUT2D eigenvalue weighted by atomic mass is 32.2. The fourth-order valence-corrected chi connectivity index (χ4v) is 5.05. The Labute approximate surface area is 219 Å². The van der Waals surface area contributed by atoms with Gasteiger partial charge in [-0.05, 0) is 42.5 Å². The van der Waals surface area contributed by atoms with Crippen molar-refractivity contribution in [2.75, 3.05) is 50.1 Å². The molecular formula is C26H28F3N3O5S. The molecule has 0 saturated heterocycles. The zero-order chi connectivity index (χ0) is 27.9. The van der Waals surface area contributed by atoms with Gasteiger partial charge in [0, 0.05) is 31.9 Å². The maximum atomic E-state index is 13.6. The van der Waals surface area contributed by atoms with Crippen LogP contribution >= 0.6 is 0 Å². The first-order valence-electron chi connectivity index (χ1n) is 11.4. The van der Waals surface area contributed by atoms with Crippen molar-refractivity contribution in [2.45, 2.75) is 11.1 Å². The number of carbonyl (C=O) groups excluding carboxylic acids is 1. The van der Waals surface area contributed by atoms with E-state index in [1.165, 1.54) is 38.5 Å². The molecule has 0 bridgehead atoms. The van der Waals surface area contributed by atoms with Crippen molar-refractivity contribution >= 4 is 27.3 Å². The normalized spacial score (nSPS) is 11.5. The molecule has 38 heavy (non-hydrogen) atoms. The number of nitrogens with zero attached hydrogens (tertiary/aromatic N) is 2. The van der Waals surface area contributed by atoms with E-state index in [-0.39, 0.29) is 28.6 Å². The van der Waals surface area contributed by atoms with Crippen LogP contribution in [0.25, 0.3) is 0 Å². The SMILES string of the molecule is COc1ccc(S(=O)(=O)N(CC(=O)NCCN(C)c2ccccc2)c2cccc(C(F)(F)F)c2)cc1OC. The summed E-state index contributed by atoms with van der Waals surface area (Å²) < 4.78 is 78.4. The number of carbonyl (C=O) groups is 1. The molecule has 0 fully saturated rings. The first kappa shape index (κ1) is 28.6. The number of hydrogen-bond donors (Lipinski definition) is 1. The number of rotatable bonds is 11. The first-order chi connectivity index (χ1) is 18.0. The van der Waals surface area contributed by atoms with Gasteiger partial charge in [-0.1, -0.05) is 24.3 Å². The van der Waals surface area contributed by atoms with E-state index in [1.54, 1.807) is 0 Å². The van der Waals surface area contributed by atoms with Crippen molar-refractivity contribution in [3.05, 3.63) is 78.4 Å². The van der Waals surface area contributed by atoms with E-state index in [4.69, 9.17) is 9.47 Å². The van der Waals surface area contributed by atoms with Gasteiger partial charge in [0.25, 0.3) is 10.0 Å². The molecule has 0 spiro atoms. The largest absolute Gasteiger partial charge is 0.493 e. The molecule has 0 aromatic heterocycles. The van der Waals surface area contributed by atoms with Crippen molar-refractivity contribution in [1.82, 2.24) is 5.32 Å². The summed E-state index contributed by atoms with van der Waals surface area (Å²) in [7, 11) is 0.0308. The summed E-state index contributed by atoms with van der Waals surface area (Å²) in [6.07, 6.45) is -4.71. The lowest BCUT2D eigenvalue weighted by atomic mass is 10.2. The molecule has 3 aromatic carbocycles. The lowest BCUT2D eigenvalue weighted by molar-refractivity contribution is -0.137. The van der Waals surface area contributed by atoms with Gasteiger partial charge in [0.1, 0.15) is 6.54 Å². The Morgan fingerprint density at radius 3 is 2.18 bits per heavy atom. The molecule has 0 aliphatic rings. The zero-order valence-electron chi connectivity index (χ0n) is 21.0. The second kappa shape index (κ2) is 12.1. The molecule has 8 nitrogen and oxygen atoms in total. The Bertz CT molecular complexity index is 1350. The summed E-state index contributed by atoms with van der Waals surface area (Å²) in [5.74, 6) is -0.323. The van der Waals surface area contributed by atoms with E-state index < -0.39 is 34.2 Å². The average molecular weight is 552 g/mol. The second-order valence-electron chi connectivity index (χ2n) is 8.18. The summed E-state index contributed by atoms with van der Waals surface area (Å²) in [5.41, 5.74) is -0.443. The molecule has 3 aromatic rings. The van der Waals surface area contributed by atoms with Crippen LogP contribution in [0.5, 0.6) is 11.5 Å². The summed E-state index contributed by atoms with van der Waals surface area (Å²) in [4.78, 5) is 14.4. The van der Waals surface area contributed by atoms with Crippen molar-refractivity contribution in [3.63, 3.8) is 0 Å². The van der Waals surface area contributed by atoms with Crippen LogP contribution in [0.4, 0.5) is 24.5 Å². The van der Waals surface area contributed by atoms with E-state index in [0.717, 1.165) is 17.8 Å². The number of nitrogens with one attached hydrogen (secondary N) is 1. The highest BCUT2D eigenvalue weighted by Gasteiger charge is 2.33. The van der Waals surface area contributed by atoms with Crippen molar-refractivity contribution in [1.29, 1.82) is 0 Å². The maximum absolute atomic E-state index is 13.6. The van der Waals surface area contributed by atoms with E-state index >= 15 is 0 Å².